The van der Waals surface area contributed by atoms with E-state index < -0.39 is 5.97 Å². The Balaban J connectivity index is 2.07. The Morgan fingerprint density at radius 1 is 1.00 bits per heavy atom. The van der Waals surface area contributed by atoms with Crippen LogP contribution in [0.25, 0.3) is 0 Å². The molecule has 0 aromatic heterocycles. The molecule has 0 bridgehead atoms. The van der Waals surface area contributed by atoms with Crippen molar-refractivity contribution in [3.8, 4) is 5.75 Å². The Bertz CT molecular complexity index is 686. The summed E-state index contributed by atoms with van der Waals surface area (Å²) in [5.41, 5.74) is 1.24. The van der Waals surface area contributed by atoms with E-state index in [9.17, 15) is 4.79 Å². The molecular weight excluding hydrogens is 347 g/mol. The molecule has 0 spiro atoms. The van der Waals surface area contributed by atoms with Gasteiger partial charge in [-0.1, -0.05) is 40.9 Å². The molecule has 0 saturated carbocycles. The minimum absolute atomic E-state index is 0.287. The van der Waals surface area contributed by atoms with Gasteiger partial charge < -0.3 is 9.47 Å². The first kappa shape index (κ1) is 16.9. The van der Waals surface area contributed by atoms with Crippen LogP contribution < -0.4 is 4.74 Å². The van der Waals surface area contributed by atoms with Gasteiger partial charge in [0.2, 0.25) is 0 Å². The van der Waals surface area contributed by atoms with Gasteiger partial charge in [-0.3, -0.25) is 0 Å². The number of carbonyl (C=O) groups is 1. The summed E-state index contributed by atoms with van der Waals surface area (Å²) in [6, 6.07) is 10.00. The summed E-state index contributed by atoms with van der Waals surface area (Å²) in [7, 11) is 0. The van der Waals surface area contributed by atoms with Crippen molar-refractivity contribution < 1.29 is 14.3 Å². The number of benzene rings is 2. The Hall–Kier alpha value is -1.42. The van der Waals surface area contributed by atoms with E-state index in [0.717, 1.165) is 5.56 Å². The molecule has 0 N–H and O–H groups in total. The van der Waals surface area contributed by atoms with E-state index in [4.69, 9.17) is 44.3 Å². The third-order valence-corrected chi connectivity index (χ3v) is 3.86. The Morgan fingerprint density at radius 2 is 1.77 bits per heavy atom. The number of halogens is 3. The molecule has 22 heavy (non-hydrogen) atoms. The molecule has 6 heteroatoms. The lowest BCUT2D eigenvalue weighted by Gasteiger charge is -2.10. The van der Waals surface area contributed by atoms with Crippen LogP contribution in [0.3, 0.4) is 0 Å². The van der Waals surface area contributed by atoms with E-state index in [1.807, 2.05) is 6.07 Å². The van der Waals surface area contributed by atoms with Crippen molar-refractivity contribution in [1.82, 2.24) is 0 Å². The van der Waals surface area contributed by atoms with Gasteiger partial charge in [-0.15, -0.1) is 0 Å². The number of esters is 1. The lowest BCUT2D eigenvalue weighted by molar-refractivity contribution is 0.0526. The van der Waals surface area contributed by atoms with Crippen molar-refractivity contribution >= 4 is 40.8 Å². The average molecular weight is 360 g/mol. The Labute approximate surface area is 143 Å². The SMILES string of the molecule is CCOC(=O)c1ccc(OCc2ccc(Cl)c(Cl)c2)c(Cl)c1. The van der Waals surface area contributed by atoms with Gasteiger partial charge in [0.15, 0.2) is 0 Å². The highest BCUT2D eigenvalue weighted by Crippen LogP contribution is 2.28. The van der Waals surface area contributed by atoms with Gasteiger partial charge >= 0.3 is 5.97 Å². The molecule has 0 unspecified atom stereocenters. The van der Waals surface area contributed by atoms with Crippen LogP contribution in [0.15, 0.2) is 36.4 Å². The maximum absolute atomic E-state index is 11.6. The Morgan fingerprint density at radius 3 is 2.41 bits per heavy atom. The topological polar surface area (TPSA) is 35.5 Å². The zero-order valence-electron chi connectivity index (χ0n) is 11.7. The fourth-order valence-corrected chi connectivity index (χ4v) is 2.31. The lowest BCUT2D eigenvalue weighted by atomic mass is 10.2. The third-order valence-electron chi connectivity index (χ3n) is 2.82. The molecule has 0 amide bonds. The molecule has 0 atom stereocenters. The average Bonchev–Trinajstić information content (AvgIpc) is 2.49. The highest BCUT2D eigenvalue weighted by Gasteiger charge is 2.10. The van der Waals surface area contributed by atoms with Crippen LogP contribution in [0, 0.1) is 0 Å². The zero-order valence-corrected chi connectivity index (χ0v) is 14.0. The van der Waals surface area contributed by atoms with E-state index in [2.05, 4.69) is 0 Å². The van der Waals surface area contributed by atoms with Crippen molar-refractivity contribution in [2.75, 3.05) is 6.61 Å². The van der Waals surface area contributed by atoms with Crippen molar-refractivity contribution in [2.45, 2.75) is 13.5 Å². The maximum atomic E-state index is 11.6. The second-order valence-corrected chi connectivity index (χ2v) is 5.62. The molecule has 3 nitrogen and oxygen atoms in total. The Kier molecular flexibility index (Phi) is 5.95. The van der Waals surface area contributed by atoms with E-state index in [0.29, 0.717) is 33.0 Å². The number of hydrogen-bond donors (Lipinski definition) is 0. The molecule has 2 aromatic carbocycles. The van der Waals surface area contributed by atoms with E-state index in [-0.39, 0.29) is 6.61 Å². The van der Waals surface area contributed by atoms with Crippen LogP contribution in [0.4, 0.5) is 0 Å². The van der Waals surface area contributed by atoms with E-state index in [1.165, 1.54) is 6.07 Å². The molecular formula is C16H13Cl3O3. The highest BCUT2D eigenvalue weighted by molar-refractivity contribution is 6.42. The first-order valence-corrected chi connectivity index (χ1v) is 7.68. The van der Waals surface area contributed by atoms with Crippen molar-refractivity contribution in [3.63, 3.8) is 0 Å². The highest BCUT2D eigenvalue weighted by atomic mass is 35.5. The number of ether oxygens (including phenoxy) is 2. The van der Waals surface area contributed by atoms with Crippen molar-refractivity contribution in [3.05, 3.63) is 62.6 Å². The van der Waals surface area contributed by atoms with Crippen LogP contribution in [-0.2, 0) is 11.3 Å². The molecule has 0 aliphatic rings. The second-order valence-electron chi connectivity index (χ2n) is 4.40. The smallest absolute Gasteiger partial charge is 0.338 e. The van der Waals surface area contributed by atoms with Gasteiger partial charge in [0.25, 0.3) is 0 Å². The van der Waals surface area contributed by atoms with Gasteiger partial charge in [0, 0.05) is 0 Å². The first-order valence-electron chi connectivity index (χ1n) is 6.54. The van der Waals surface area contributed by atoms with Gasteiger partial charge in [-0.25, -0.2) is 4.79 Å². The third kappa shape index (κ3) is 4.29. The first-order chi connectivity index (χ1) is 10.5. The molecule has 116 valence electrons. The van der Waals surface area contributed by atoms with Gasteiger partial charge in [0.05, 0.1) is 27.2 Å². The van der Waals surface area contributed by atoms with Crippen LogP contribution in [0.1, 0.15) is 22.8 Å². The summed E-state index contributed by atoms with van der Waals surface area (Å²) < 4.78 is 10.5. The van der Waals surface area contributed by atoms with Gasteiger partial charge in [-0.05, 0) is 42.8 Å². The molecule has 0 radical (unpaired) electrons. The number of hydrogen-bond acceptors (Lipinski definition) is 3. The quantitative estimate of drug-likeness (QED) is 0.670. The standard InChI is InChI=1S/C16H13Cl3O3/c1-2-21-16(20)11-4-6-15(14(19)8-11)22-9-10-3-5-12(17)13(18)7-10/h3-8H,2,9H2,1H3. The summed E-state index contributed by atoms with van der Waals surface area (Å²) in [5, 5.41) is 1.29. The molecule has 0 aliphatic heterocycles. The van der Waals surface area contributed by atoms with Crippen LogP contribution >= 0.6 is 34.8 Å². The fraction of sp³-hybridized carbons (Fsp3) is 0.188. The second kappa shape index (κ2) is 7.73. The summed E-state index contributed by atoms with van der Waals surface area (Å²) >= 11 is 17.9. The largest absolute Gasteiger partial charge is 0.487 e. The normalized spacial score (nSPS) is 10.4. The minimum Gasteiger partial charge on any atom is -0.487 e. The van der Waals surface area contributed by atoms with Crippen molar-refractivity contribution in [2.24, 2.45) is 0 Å². The van der Waals surface area contributed by atoms with Crippen LogP contribution in [0.2, 0.25) is 15.1 Å². The molecule has 2 rings (SSSR count). The molecule has 0 fully saturated rings. The molecule has 0 aliphatic carbocycles. The zero-order chi connectivity index (χ0) is 16.1. The molecule has 0 saturated heterocycles. The van der Waals surface area contributed by atoms with Crippen molar-refractivity contribution in [1.29, 1.82) is 0 Å². The van der Waals surface area contributed by atoms with Crippen LogP contribution in [-0.4, -0.2) is 12.6 Å². The van der Waals surface area contributed by atoms with Crippen LogP contribution in [0.5, 0.6) is 5.75 Å². The monoisotopic (exact) mass is 358 g/mol. The van der Waals surface area contributed by atoms with E-state index >= 15 is 0 Å². The predicted octanol–water partition coefficient (Wildman–Crippen LogP) is 5.40. The summed E-state index contributed by atoms with van der Waals surface area (Å²) in [6.07, 6.45) is 0. The summed E-state index contributed by atoms with van der Waals surface area (Å²) in [6.45, 7) is 2.34. The van der Waals surface area contributed by atoms with E-state index in [1.54, 1.807) is 31.2 Å². The lowest BCUT2D eigenvalue weighted by Crippen LogP contribution is -2.05. The maximum Gasteiger partial charge on any atom is 0.338 e. The molecule has 0 heterocycles. The van der Waals surface area contributed by atoms with Gasteiger partial charge in [-0.2, -0.15) is 0 Å². The minimum atomic E-state index is -0.416. The summed E-state index contributed by atoms with van der Waals surface area (Å²) in [4.78, 5) is 11.6. The number of carbonyl (C=O) groups excluding carboxylic acids is 1. The fourth-order valence-electron chi connectivity index (χ4n) is 1.75. The summed E-state index contributed by atoms with van der Waals surface area (Å²) in [5.74, 6) is 0.0567. The van der Waals surface area contributed by atoms with Gasteiger partial charge in [0.1, 0.15) is 12.4 Å². The number of rotatable bonds is 5. The molecule has 2 aromatic rings. The predicted molar refractivity (Wildman–Crippen MR) is 88.2 cm³/mol.